The molecule has 0 bridgehead atoms. The van der Waals surface area contributed by atoms with E-state index in [1.54, 1.807) is 31.3 Å². The van der Waals surface area contributed by atoms with Crippen LogP contribution in [0.3, 0.4) is 0 Å². The molecule has 1 heterocycles. The van der Waals surface area contributed by atoms with Crippen molar-refractivity contribution >= 4 is 10.0 Å². The molecule has 0 saturated carbocycles. The average molecular weight is 307 g/mol. The Morgan fingerprint density at radius 3 is 2.67 bits per heavy atom. The van der Waals surface area contributed by atoms with Crippen LogP contribution in [0.2, 0.25) is 0 Å². The summed E-state index contributed by atoms with van der Waals surface area (Å²) in [5.41, 5.74) is 0.831. The Labute approximate surface area is 126 Å². The fraction of sp³-hybridized carbons (Fsp3) is 0.533. The van der Waals surface area contributed by atoms with Gasteiger partial charge in [-0.1, -0.05) is 12.1 Å². The highest BCUT2D eigenvalue weighted by Crippen LogP contribution is 2.21. The van der Waals surface area contributed by atoms with E-state index in [9.17, 15) is 8.42 Å². The minimum absolute atomic E-state index is 0.0452. The summed E-state index contributed by atoms with van der Waals surface area (Å²) in [5.74, 6) is 0. The van der Waals surface area contributed by atoms with Gasteiger partial charge in [-0.25, -0.2) is 8.42 Å². The van der Waals surface area contributed by atoms with Crippen molar-refractivity contribution in [2.24, 2.45) is 0 Å². The van der Waals surface area contributed by atoms with Gasteiger partial charge in [0.1, 0.15) is 0 Å². The van der Waals surface area contributed by atoms with Gasteiger partial charge in [-0.3, -0.25) is 0 Å². The zero-order valence-corrected chi connectivity index (χ0v) is 13.1. The largest absolute Gasteiger partial charge is 0.317 e. The third-order valence-corrected chi connectivity index (χ3v) is 5.87. The van der Waals surface area contributed by atoms with Gasteiger partial charge in [-0.2, -0.15) is 9.57 Å². The zero-order chi connectivity index (χ0) is 15.3. The molecule has 1 aromatic carbocycles. The summed E-state index contributed by atoms with van der Waals surface area (Å²) >= 11 is 0. The summed E-state index contributed by atoms with van der Waals surface area (Å²) in [5, 5.41) is 11.9. The first-order valence-electron chi connectivity index (χ1n) is 7.20. The molecule has 0 aromatic heterocycles. The normalized spacial score (nSPS) is 20.0. The number of nitrogens with one attached hydrogen (secondary N) is 1. The van der Waals surface area contributed by atoms with Crippen molar-refractivity contribution in [2.45, 2.75) is 36.6 Å². The van der Waals surface area contributed by atoms with Gasteiger partial charge in [0.05, 0.1) is 17.4 Å². The Balaban J connectivity index is 2.17. The molecule has 2 rings (SSSR count). The minimum atomic E-state index is -3.46. The van der Waals surface area contributed by atoms with Crippen LogP contribution in [0.25, 0.3) is 0 Å². The summed E-state index contributed by atoms with van der Waals surface area (Å²) in [7, 11) is -1.80. The van der Waals surface area contributed by atoms with Crippen molar-refractivity contribution in [3.63, 3.8) is 0 Å². The highest BCUT2D eigenvalue weighted by molar-refractivity contribution is 7.89. The van der Waals surface area contributed by atoms with E-state index >= 15 is 0 Å². The summed E-state index contributed by atoms with van der Waals surface area (Å²) in [6.07, 6.45) is 3.01. The summed E-state index contributed by atoms with van der Waals surface area (Å²) in [6.45, 7) is 1.80. The van der Waals surface area contributed by atoms with Crippen LogP contribution in [-0.4, -0.2) is 38.9 Å². The van der Waals surface area contributed by atoms with Gasteiger partial charge >= 0.3 is 0 Å². The van der Waals surface area contributed by atoms with E-state index in [4.69, 9.17) is 5.26 Å². The van der Waals surface area contributed by atoms with E-state index in [0.29, 0.717) is 11.3 Å². The average Bonchev–Trinajstić information content (AvgIpc) is 2.76. The fourth-order valence-corrected chi connectivity index (χ4v) is 4.01. The predicted octanol–water partition coefficient (Wildman–Crippen LogP) is 1.52. The molecule has 1 aromatic rings. The molecule has 0 amide bonds. The number of rotatable bonds is 4. The number of benzene rings is 1. The van der Waals surface area contributed by atoms with Crippen molar-refractivity contribution < 1.29 is 8.42 Å². The molecule has 5 nitrogen and oxygen atoms in total. The van der Waals surface area contributed by atoms with E-state index in [1.807, 2.05) is 0 Å². The molecular formula is C15H21N3O2S. The van der Waals surface area contributed by atoms with Crippen LogP contribution in [0.15, 0.2) is 29.2 Å². The maximum Gasteiger partial charge on any atom is 0.243 e. The second-order valence-corrected chi connectivity index (χ2v) is 7.33. The van der Waals surface area contributed by atoms with Crippen molar-refractivity contribution in [2.75, 3.05) is 20.1 Å². The second-order valence-electron chi connectivity index (χ2n) is 5.33. The molecule has 0 aliphatic carbocycles. The van der Waals surface area contributed by atoms with E-state index in [-0.39, 0.29) is 6.04 Å². The topological polar surface area (TPSA) is 73.2 Å². The Kier molecular flexibility index (Phi) is 5.34. The van der Waals surface area contributed by atoms with Gasteiger partial charge in [0.15, 0.2) is 0 Å². The molecule has 0 spiro atoms. The van der Waals surface area contributed by atoms with Crippen LogP contribution < -0.4 is 5.32 Å². The molecule has 1 fully saturated rings. The van der Waals surface area contributed by atoms with Gasteiger partial charge in [0.25, 0.3) is 0 Å². The van der Waals surface area contributed by atoms with E-state index in [2.05, 4.69) is 11.4 Å². The number of sulfonamides is 1. The number of hydrogen-bond donors (Lipinski definition) is 1. The second kappa shape index (κ2) is 7.03. The Bertz CT molecular complexity index is 597. The van der Waals surface area contributed by atoms with Crippen molar-refractivity contribution in [3.8, 4) is 6.07 Å². The van der Waals surface area contributed by atoms with Crippen LogP contribution in [0.5, 0.6) is 0 Å². The quantitative estimate of drug-likeness (QED) is 0.915. The predicted molar refractivity (Wildman–Crippen MR) is 81.2 cm³/mol. The molecule has 6 heteroatoms. The molecule has 1 N–H and O–H groups in total. The molecule has 1 aliphatic rings. The van der Waals surface area contributed by atoms with E-state index in [0.717, 1.165) is 37.9 Å². The van der Waals surface area contributed by atoms with Gasteiger partial charge in [-0.15, -0.1) is 0 Å². The lowest BCUT2D eigenvalue weighted by atomic mass is 10.1. The van der Waals surface area contributed by atoms with Gasteiger partial charge in [0.2, 0.25) is 10.0 Å². The molecule has 1 unspecified atom stereocenters. The van der Waals surface area contributed by atoms with Gasteiger partial charge in [0, 0.05) is 13.1 Å². The van der Waals surface area contributed by atoms with Crippen LogP contribution in [-0.2, 0) is 16.4 Å². The zero-order valence-electron chi connectivity index (χ0n) is 12.2. The molecule has 21 heavy (non-hydrogen) atoms. The van der Waals surface area contributed by atoms with E-state index < -0.39 is 10.0 Å². The summed E-state index contributed by atoms with van der Waals surface area (Å²) in [6, 6.07) is 8.70. The summed E-state index contributed by atoms with van der Waals surface area (Å²) in [4.78, 5) is 0.295. The molecule has 1 atom stereocenters. The molecule has 0 radical (unpaired) electrons. The van der Waals surface area contributed by atoms with Crippen LogP contribution >= 0.6 is 0 Å². The Morgan fingerprint density at radius 1 is 1.29 bits per heavy atom. The number of hydrogen-bond acceptors (Lipinski definition) is 4. The lowest BCUT2D eigenvalue weighted by Gasteiger charge is -2.26. The maximum atomic E-state index is 12.7. The number of nitriles is 1. The molecule has 114 valence electrons. The van der Waals surface area contributed by atoms with Gasteiger partial charge < -0.3 is 5.32 Å². The monoisotopic (exact) mass is 307 g/mol. The standard InChI is InChI=1S/C15H21N3O2S/c1-18(14-3-2-11-17-12-9-14)21(19,20)15-6-4-13(5-7-15)8-10-16/h4-7,14,17H,2-3,8-9,11-12H2,1H3. The SMILES string of the molecule is CN(C1CCCNCC1)S(=O)(=O)c1ccc(CC#N)cc1. The third kappa shape index (κ3) is 3.82. The maximum absolute atomic E-state index is 12.7. The molecule has 1 saturated heterocycles. The first kappa shape index (κ1) is 16.0. The summed E-state index contributed by atoms with van der Waals surface area (Å²) < 4.78 is 26.8. The highest BCUT2D eigenvalue weighted by atomic mass is 32.2. The number of nitrogens with zero attached hydrogens (tertiary/aromatic N) is 2. The first-order chi connectivity index (χ1) is 10.1. The van der Waals surface area contributed by atoms with Crippen molar-refractivity contribution in [1.29, 1.82) is 5.26 Å². The molecule has 1 aliphatic heterocycles. The highest BCUT2D eigenvalue weighted by Gasteiger charge is 2.28. The Hall–Kier alpha value is -1.42. The van der Waals surface area contributed by atoms with Gasteiger partial charge in [-0.05, 0) is 50.0 Å². The molecular weight excluding hydrogens is 286 g/mol. The lowest BCUT2D eigenvalue weighted by molar-refractivity contribution is 0.341. The van der Waals surface area contributed by atoms with Crippen molar-refractivity contribution in [1.82, 2.24) is 9.62 Å². The smallest absolute Gasteiger partial charge is 0.243 e. The third-order valence-electron chi connectivity index (χ3n) is 3.94. The van der Waals surface area contributed by atoms with Crippen LogP contribution in [0, 0.1) is 11.3 Å². The van der Waals surface area contributed by atoms with Crippen molar-refractivity contribution in [3.05, 3.63) is 29.8 Å². The first-order valence-corrected chi connectivity index (χ1v) is 8.64. The van der Waals surface area contributed by atoms with Crippen LogP contribution in [0.4, 0.5) is 0 Å². The Morgan fingerprint density at radius 2 is 2.00 bits per heavy atom. The van der Waals surface area contributed by atoms with E-state index in [1.165, 1.54) is 4.31 Å². The van der Waals surface area contributed by atoms with Crippen LogP contribution in [0.1, 0.15) is 24.8 Å². The lowest BCUT2D eigenvalue weighted by Crippen LogP contribution is -2.37. The fourth-order valence-electron chi connectivity index (χ4n) is 2.60. The minimum Gasteiger partial charge on any atom is -0.317 e.